The number of hydrogen-bond donors (Lipinski definition) is 2. The molecule has 0 bridgehead atoms. The monoisotopic (exact) mass is 253 g/mol. The van der Waals surface area contributed by atoms with Crippen molar-refractivity contribution < 1.29 is 19.4 Å². The number of aliphatic hydroxyl groups is 1. The highest BCUT2D eigenvalue weighted by Gasteiger charge is 2.05. The number of ether oxygens (including phenoxy) is 2. The molecule has 0 aliphatic rings. The summed E-state index contributed by atoms with van der Waals surface area (Å²) in [5.41, 5.74) is 1.56. The largest absolute Gasteiger partial charge is 0.394 e. The normalized spacial score (nSPS) is 10.3. The van der Waals surface area contributed by atoms with Crippen molar-refractivity contribution in [2.24, 2.45) is 0 Å². The van der Waals surface area contributed by atoms with Gasteiger partial charge in [-0.3, -0.25) is 4.79 Å². The summed E-state index contributed by atoms with van der Waals surface area (Å²) in [5, 5.41) is 11.3. The van der Waals surface area contributed by atoms with Crippen LogP contribution in [0.25, 0.3) is 0 Å². The predicted octanol–water partition coefficient (Wildman–Crippen LogP) is 0.572. The summed E-state index contributed by atoms with van der Waals surface area (Å²) in [5.74, 6) is -0.138. The van der Waals surface area contributed by atoms with Gasteiger partial charge in [-0.25, -0.2) is 0 Å². The van der Waals surface area contributed by atoms with Crippen LogP contribution >= 0.6 is 0 Å². The lowest BCUT2D eigenvalue weighted by Gasteiger charge is -2.07. The molecule has 5 nitrogen and oxygen atoms in total. The van der Waals surface area contributed by atoms with Crippen molar-refractivity contribution in [1.82, 2.24) is 5.32 Å². The van der Waals surface area contributed by atoms with Crippen LogP contribution in [0.4, 0.5) is 0 Å². The number of carbonyl (C=O) groups excluding carboxylic acids is 1. The zero-order valence-electron chi connectivity index (χ0n) is 10.5. The van der Waals surface area contributed by atoms with Gasteiger partial charge in [-0.05, 0) is 17.7 Å². The molecule has 1 aromatic carbocycles. The minimum absolute atomic E-state index is 0.00694. The lowest BCUT2D eigenvalue weighted by molar-refractivity contribution is 0.0838. The molecule has 0 atom stereocenters. The quantitative estimate of drug-likeness (QED) is 0.665. The van der Waals surface area contributed by atoms with Crippen LogP contribution in [0.1, 0.15) is 15.9 Å². The van der Waals surface area contributed by atoms with Crippen LogP contribution in [-0.2, 0) is 16.1 Å². The van der Waals surface area contributed by atoms with E-state index in [9.17, 15) is 4.79 Å². The Morgan fingerprint density at radius 1 is 1.39 bits per heavy atom. The van der Waals surface area contributed by atoms with Gasteiger partial charge in [-0.2, -0.15) is 0 Å². The van der Waals surface area contributed by atoms with Crippen molar-refractivity contribution in [3.8, 4) is 0 Å². The molecule has 0 aromatic heterocycles. The SMILES string of the molecule is COCc1cccc(C(=O)NCCOCCO)c1. The Morgan fingerprint density at radius 2 is 2.22 bits per heavy atom. The van der Waals surface area contributed by atoms with Crippen molar-refractivity contribution in [2.75, 3.05) is 33.5 Å². The molecule has 100 valence electrons. The molecule has 0 unspecified atom stereocenters. The van der Waals surface area contributed by atoms with Gasteiger partial charge in [0, 0.05) is 19.2 Å². The van der Waals surface area contributed by atoms with E-state index >= 15 is 0 Å². The van der Waals surface area contributed by atoms with Gasteiger partial charge < -0.3 is 19.9 Å². The number of nitrogens with one attached hydrogen (secondary N) is 1. The van der Waals surface area contributed by atoms with Gasteiger partial charge in [0.05, 0.1) is 26.4 Å². The average molecular weight is 253 g/mol. The second-order valence-corrected chi connectivity index (χ2v) is 3.73. The summed E-state index contributed by atoms with van der Waals surface area (Å²) < 4.78 is 10.1. The average Bonchev–Trinajstić information content (AvgIpc) is 2.39. The first-order chi connectivity index (χ1) is 8.77. The third-order valence-corrected chi connectivity index (χ3v) is 2.27. The number of benzene rings is 1. The van der Waals surface area contributed by atoms with Crippen molar-refractivity contribution in [3.63, 3.8) is 0 Å². The highest BCUT2D eigenvalue weighted by molar-refractivity contribution is 5.94. The van der Waals surface area contributed by atoms with E-state index < -0.39 is 0 Å². The maximum Gasteiger partial charge on any atom is 0.251 e. The highest BCUT2D eigenvalue weighted by atomic mass is 16.5. The Balaban J connectivity index is 2.38. The topological polar surface area (TPSA) is 67.8 Å². The van der Waals surface area contributed by atoms with Crippen LogP contribution in [0.2, 0.25) is 0 Å². The molecule has 0 fully saturated rings. The summed E-state index contributed by atoms with van der Waals surface area (Å²) in [6.45, 7) is 1.59. The molecule has 0 saturated carbocycles. The van der Waals surface area contributed by atoms with Crippen LogP contribution in [0.3, 0.4) is 0 Å². The molecule has 1 amide bonds. The summed E-state index contributed by atoms with van der Waals surface area (Å²) in [6, 6.07) is 7.28. The number of methoxy groups -OCH3 is 1. The van der Waals surface area contributed by atoms with Crippen molar-refractivity contribution in [1.29, 1.82) is 0 Å². The number of aliphatic hydroxyl groups excluding tert-OH is 1. The minimum atomic E-state index is -0.138. The van der Waals surface area contributed by atoms with E-state index in [0.717, 1.165) is 5.56 Å². The Hall–Kier alpha value is -1.43. The van der Waals surface area contributed by atoms with E-state index in [2.05, 4.69) is 5.32 Å². The van der Waals surface area contributed by atoms with E-state index in [1.807, 2.05) is 12.1 Å². The molecule has 5 heteroatoms. The fourth-order valence-electron chi connectivity index (χ4n) is 1.47. The van der Waals surface area contributed by atoms with Crippen molar-refractivity contribution in [2.45, 2.75) is 6.61 Å². The molecule has 18 heavy (non-hydrogen) atoms. The second kappa shape index (κ2) is 8.63. The Labute approximate surface area is 107 Å². The molecule has 1 aromatic rings. The minimum Gasteiger partial charge on any atom is -0.394 e. The van der Waals surface area contributed by atoms with Crippen LogP contribution in [0.5, 0.6) is 0 Å². The second-order valence-electron chi connectivity index (χ2n) is 3.73. The van der Waals surface area contributed by atoms with E-state index in [1.54, 1.807) is 19.2 Å². The number of rotatable bonds is 8. The van der Waals surface area contributed by atoms with Gasteiger partial charge in [0.1, 0.15) is 0 Å². The van der Waals surface area contributed by atoms with Crippen molar-refractivity contribution in [3.05, 3.63) is 35.4 Å². The number of amides is 1. The molecule has 0 saturated heterocycles. The van der Waals surface area contributed by atoms with Gasteiger partial charge in [-0.15, -0.1) is 0 Å². The van der Waals surface area contributed by atoms with Crippen molar-refractivity contribution >= 4 is 5.91 Å². The van der Waals surface area contributed by atoms with Gasteiger partial charge in [0.2, 0.25) is 0 Å². The van der Waals surface area contributed by atoms with Gasteiger partial charge >= 0.3 is 0 Å². The number of carbonyl (C=O) groups is 1. The maximum absolute atomic E-state index is 11.8. The Bertz CT molecular complexity index is 368. The molecular formula is C13H19NO4. The van der Waals surface area contributed by atoms with E-state index in [1.165, 1.54) is 0 Å². The van der Waals surface area contributed by atoms with Crippen LogP contribution in [0, 0.1) is 0 Å². The zero-order valence-corrected chi connectivity index (χ0v) is 10.5. The summed E-state index contributed by atoms with van der Waals surface area (Å²) >= 11 is 0. The molecule has 2 N–H and O–H groups in total. The third-order valence-electron chi connectivity index (χ3n) is 2.27. The molecule has 0 heterocycles. The number of hydrogen-bond acceptors (Lipinski definition) is 4. The highest BCUT2D eigenvalue weighted by Crippen LogP contribution is 2.06. The Morgan fingerprint density at radius 3 is 2.94 bits per heavy atom. The van der Waals surface area contributed by atoms with Gasteiger partial charge in [0.15, 0.2) is 0 Å². The van der Waals surface area contributed by atoms with Crippen LogP contribution in [-0.4, -0.2) is 44.5 Å². The molecule has 0 radical (unpaired) electrons. The van der Waals surface area contributed by atoms with E-state index in [-0.39, 0.29) is 12.5 Å². The van der Waals surface area contributed by atoms with Gasteiger partial charge in [0.25, 0.3) is 5.91 Å². The first kappa shape index (κ1) is 14.6. The molecule has 1 rings (SSSR count). The third kappa shape index (κ3) is 5.27. The zero-order chi connectivity index (χ0) is 13.2. The molecular weight excluding hydrogens is 234 g/mol. The predicted molar refractivity (Wildman–Crippen MR) is 67.4 cm³/mol. The first-order valence-electron chi connectivity index (χ1n) is 5.82. The smallest absolute Gasteiger partial charge is 0.251 e. The van der Waals surface area contributed by atoms with Crippen LogP contribution in [0.15, 0.2) is 24.3 Å². The Kier molecular flexibility index (Phi) is 7.01. The fraction of sp³-hybridized carbons (Fsp3) is 0.462. The van der Waals surface area contributed by atoms with Crippen LogP contribution < -0.4 is 5.32 Å². The van der Waals surface area contributed by atoms with Gasteiger partial charge in [-0.1, -0.05) is 12.1 Å². The van der Waals surface area contributed by atoms with E-state index in [4.69, 9.17) is 14.6 Å². The van der Waals surface area contributed by atoms with E-state index in [0.29, 0.717) is 31.9 Å². The standard InChI is InChI=1S/C13H19NO4/c1-17-10-11-3-2-4-12(9-11)13(16)14-5-7-18-8-6-15/h2-4,9,15H,5-8,10H2,1H3,(H,14,16). The lowest BCUT2D eigenvalue weighted by atomic mass is 10.1. The molecule has 0 spiro atoms. The maximum atomic E-state index is 11.8. The summed E-state index contributed by atoms with van der Waals surface area (Å²) in [6.07, 6.45) is 0. The molecule has 0 aliphatic carbocycles. The molecule has 0 aliphatic heterocycles. The summed E-state index contributed by atoms with van der Waals surface area (Å²) in [7, 11) is 1.62. The first-order valence-corrected chi connectivity index (χ1v) is 5.82. The lowest BCUT2D eigenvalue weighted by Crippen LogP contribution is -2.27. The fourth-order valence-corrected chi connectivity index (χ4v) is 1.47. The summed E-state index contributed by atoms with van der Waals surface area (Å²) in [4.78, 5) is 11.8.